The Labute approximate surface area is 123 Å². The Balaban J connectivity index is 1.85. The molecule has 0 bridgehead atoms. The molecule has 1 aliphatic heterocycles. The predicted octanol–water partition coefficient (Wildman–Crippen LogP) is 1.36. The third-order valence-electron chi connectivity index (χ3n) is 3.24. The van der Waals surface area contributed by atoms with E-state index in [0.29, 0.717) is 11.4 Å². The Morgan fingerprint density at radius 2 is 2.20 bits per heavy atom. The van der Waals surface area contributed by atoms with Gasteiger partial charge in [-0.1, -0.05) is 17.7 Å². The molecule has 2 N–H and O–H groups in total. The number of aryl methyl sites for hydroxylation is 1. The molecule has 7 heteroatoms. The van der Waals surface area contributed by atoms with Gasteiger partial charge in [0.25, 0.3) is 0 Å². The SMILES string of the molecule is Cc1ccc(Cl)cc1NCC(=O)NC1CCS(=O)(=O)C1. The summed E-state index contributed by atoms with van der Waals surface area (Å²) in [5, 5.41) is 6.33. The minimum Gasteiger partial charge on any atom is -0.376 e. The normalized spacial score (nSPS) is 20.6. The van der Waals surface area contributed by atoms with Gasteiger partial charge in [0.1, 0.15) is 0 Å². The van der Waals surface area contributed by atoms with Crippen molar-refractivity contribution in [1.29, 1.82) is 0 Å². The molecule has 5 nitrogen and oxygen atoms in total. The van der Waals surface area contributed by atoms with Crippen LogP contribution >= 0.6 is 11.6 Å². The highest BCUT2D eigenvalue weighted by molar-refractivity contribution is 7.91. The third kappa shape index (κ3) is 4.11. The lowest BCUT2D eigenvalue weighted by molar-refractivity contribution is -0.119. The molecule has 1 heterocycles. The molecule has 110 valence electrons. The topological polar surface area (TPSA) is 75.3 Å². The molecular formula is C13H17ClN2O3S. The fraction of sp³-hybridized carbons (Fsp3) is 0.462. The van der Waals surface area contributed by atoms with Crippen LogP contribution in [0.2, 0.25) is 5.02 Å². The van der Waals surface area contributed by atoms with Crippen LogP contribution in [0.25, 0.3) is 0 Å². The maximum Gasteiger partial charge on any atom is 0.239 e. The quantitative estimate of drug-likeness (QED) is 0.879. The summed E-state index contributed by atoms with van der Waals surface area (Å²) < 4.78 is 22.6. The van der Waals surface area contributed by atoms with Crippen molar-refractivity contribution in [3.8, 4) is 0 Å². The van der Waals surface area contributed by atoms with Gasteiger partial charge in [-0.25, -0.2) is 8.42 Å². The van der Waals surface area contributed by atoms with Gasteiger partial charge in [0.15, 0.2) is 9.84 Å². The summed E-state index contributed by atoms with van der Waals surface area (Å²) in [6.07, 6.45) is 0.490. The van der Waals surface area contributed by atoms with Gasteiger partial charge in [-0.3, -0.25) is 4.79 Å². The number of carbonyl (C=O) groups is 1. The molecule has 1 aliphatic rings. The number of hydrogen-bond acceptors (Lipinski definition) is 4. The maximum atomic E-state index is 11.8. The Hall–Kier alpha value is -1.27. The van der Waals surface area contributed by atoms with E-state index >= 15 is 0 Å². The van der Waals surface area contributed by atoms with Gasteiger partial charge in [-0.2, -0.15) is 0 Å². The second-order valence-electron chi connectivity index (χ2n) is 4.98. The van der Waals surface area contributed by atoms with E-state index in [1.807, 2.05) is 13.0 Å². The first-order chi connectivity index (χ1) is 9.35. The molecule has 1 atom stereocenters. The summed E-state index contributed by atoms with van der Waals surface area (Å²) >= 11 is 5.89. The van der Waals surface area contributed by atoms with Gasteiger partial charge in [0.05, 0.1) is 18.1 Å². The highest BCUT2D eigenvalue weighted by atomic mass is 35.5. The first-order valence-corrected chi connectivity index (χ1v) is 8.55. The Morgan fingerprint density at radius 1 is 1.45 bits per heavy atom. The molecule has 1 aromatic rings. The third-order valence-corrected chi connectivity index (χ3v) is 5.24. The van der Waals surface area contributed by atoms with Crippen molar-refractivity contribution in [2.24, 2.45) is 0 Å². The van der Waals surface area contributed by atoms with E-state index in [4.69, 9.17) is 11.6 Å². The molecule has 1 saturated heterocycles. The summed E-state index contributed by atoms with van der Waals surface area (Å²) in [5.41, 5.74) is 1.79. The van der Waals surface area contributed by atoms with Crippen molar-refractivity contribution in [3.63, 3.8) is 0 Å². The summed E-state index contributed by atoms with van der Waals surface area (Å²) in [7, 11) is -2.97. The number of amides is 1. The molecule has 0 radical (unpaired) electrons. The summed E-state index contributed by atoms with van der Waals surface area (Å²) in [6.45, 7) is 2.01. The molecule has 0 spiro atoms. The molecule has 0 aromatic heterocycles. The van der Waals surface area contributed by atoms with Crippen LogP contribution < -0.4 is 10.6 Å². The molecule has 0 saturated carbocycles. The first-order valence-electron chi connectivity index (χ1n) is 6.35. The highest BCUT2D eigenvalue weighted by Gasteiger charge is 2.28. The lowest BCUT2D eigenvalue weighted by Crippen LogP contribution is -2.39. The van der Waals surface area contributed by atoms with Gasteiger partial charge < -0.3 is 10.6 Å². The lowest BCUT2D eigenvalue weighted by atomic mass is 10.2. The number of rotatable bonds is 4. The summed E-state index contributed by atoms with van der Waals surface area (Å²) in [6, 6.07) is 5.14. The number of benzene rings is 1. The second-order valence-corrected chi connectivity index (χ2v) is 7.65. The number of hydrogen-bond donors (Lipinski definition) is 2. The van der Waals surface area contributed by atoms with E-state index in [2.05, 4.69) is 10.6 Å². The molecule has 20 heavy (non-hydrogen) atoms. The lowest BCUT2D eigenvalue weighted by Gasteiger charge is -2.13. The van der Waals surface area contributed by atoms with Crippen molar-refractivity contribution in [2.75, 3.05) is 23.4 Å². The minimum absolute atomic E-state index is 0.0366. The molecule has 1 fully saturated rings. The van der Waals surface area contributed by atoms with Gasteiger partial charge in [0.2, 0.25) is 5.91 Å². The zero-order valence-electron chi connectivity index (χ0n) is 11.1. The Kier molecular flexibility index (Phi) is 4.55. The van der Waals surface area contributed by atoms with Gasteiger partial charge >= 0.3 is 0 Å². The minimum atomic E-state index is -2.97. The van der Waals surface area contributed by atoms with Crippen LogP contribution in [0.15, 0.2) is 18.2 Å². The van der Waals surface area contributed by atoms with Crippen molar-refractivity contribution < 1.29 is 13.2 Å². The smallest absolute Gasteiger partial charge is 0.239 e. The van der Waals surface area contributed by atoms with Crippen molar-refractivity contribution in [1.82, 2.24) is 5.32 Å². The zero-order valence-corrected chi connectivity index (χ0v) is 12.7. The van der Waals surface area contributed by atoms with E-state index in [1.165, 1.54) is 0 Å². The van der Waals surface area contributed by atoms with Crippen LogP contribution in [0.1, 0.15) is 12.0 Å². The van der Waals surface area contributed by atoms with Crippen LogP contribution in [-0.4, -0.2) is 38.4 Å². The zero-order chi connectivity index (χ0) is 14.8. The van der Waals surface area contributed by atoms with Crippen LogP contribution in [0, 0.1) is 6.92 Å². The van der Waals surface area contributed by atoms with Crippen LogP contribution in [0.4, 0.5) is 5.69 Å². The molecule has 1 aromatic carbocycles. The maximum absolute atomic E-state index is 11.8. The predicted molar refractivity (Wildman–Crippen MR) is 79.9 cm³/mol. The van der Waals surface area contributed by atoms with Crippen LogP contribution in [0.3, 0.4) is 0 Å². The van der Waals surface area contributed by atoms with Gasteiger partial charge in [0, 0.05) is 16.8 Å². The Bertz CT molecular complexity index is 616. The van der Waals surface area contributed by atoms with E-state index in [1.54, 1.807) is 12.1 Å². The standard InChI is InChI=1S/C13H17ClN2O3S/c1-9-2-3-10(14)6-12(9)15-7-13(17)16-11-4-5-20(18,19)8-11/h2-3,6,11,15H,4-5,7-8H2,1H3,(H,16,17). The fourth-order valence-electron chi connectivity index (χ4n) is 2.15. The van der Waals surface area contributed by atoms with E-state index in [-0.39, 0.29) is 30.0 Å². The molecule has 0 aliphatic carbocycles. The number of halogens is 1. The summed E-state index contributed by atoms with van der Waals surface area (Å²) in [5.74, 6) is -0.0280. The van der Waals surface area contributed by atoms with Gasteiger partial charge in [-0.15, -0.1) is 0 Å². The largest absolute Gasteiger partial charge is 0.376 e. The second kappa shape index (κ2) is 6.01. The summed E-state index contributed by atoms with van der Waals surface area (Å²) in [4.78, 5) is 11.8. The monoisotopic (exact) mass is 316 g/mol. The number of nitrogens with one attached hydrogen (secondary N) is 2. The van der Waals surface area contributed by atoms with E-state index in [9.17, 15) is 13.2 Å². The number of sulfone groups is 1. The van der Waals surface area contributed by atoms with Gasteiger partial charge in [-0.05, 0) is 31.0 Å². The fourth-order valence-corrected chi connectivity index (χ4v) is 3.99. The molecule has 1 amide bonds. The number of carbonyl (C=O) groups excluding carboxylic acids is 1. The van der Waals surface area contributed by atoms with Crippen LogP contribution in [0.5, 0.6) is 0 Å². The van der Waals surface area contributed by atoms with Crippen molar-refractivity contribution >= 4 is 33.0 Å². The number of anilines is 1. The van der Waals surface area contributed by atoms with Crippen LogP contribution in [-0.2, 0) is 14.6 Å². The van der Waals surface area contributed by atoms with Crippen molar-refractivity contribution in [2.45, 2.75) is 19.4 Å². The highest BCUT2D eigenvalue weighted by Crippen LogP contribution is 2.19. The van der Waals surface area contributed by atoms with Crippen molar-refractivity contribution in [3.05, 3.63) is 28.8 Å². The average molecular weight is 317 g/mol. The van der Waals surface area contributed by atoms with E-state index in [0.717, 1.165) is 11.3 Å². The first kappa shape index (κ1) is 15.1. The molecule has 2 rings (SSSR count). The molecule has 1 unspecified atom stereocenters. The molecular weight excluding hydrogens is 300 g/mol. The van der Waals surface area contributed by atoms with E-state index < -0.39 is 9.84 Å². The average Bonchev–Trinajstić information content (AvgIpc) is 2.70. The Morgan fingerprint density at radius 3 is 2.85 bits per heavy atom.